The third-order valence-electron chi connectivity index (χ3n) is 9.57. The zero-order valence-corrected chi connectivity index (χ0v) is 25.3. The van der Waals surface area contributed by atoms with Crippen LogP contribution in [-0.2, 0) is 4.79 Å². The Kier molecular flexibility index (Phi) is 5.43. The summed E-state index contributed by atoms with van der Waals surface area (Å²) < 4.78 is 17.4. The Morgan fingerprint density at radius 1 is 0.837 bits per heavy atom. The van der Waals surface area contributed by atoms with Gasteiger partial charge in [0.05, 0.1) is 54.9 Å². The molecule has 2 aliphatic rings. The zero-order chi connectivity index (χ0) is 30.9. The van der Waals surface area contributed by atoms with E-state index in [1.54, 1.807) is 0 Å². The molecule has 2 unspecified atom stereocenters. The van der Waals surface area contributed by atoms with E-state index in [4.69, 9.17) is 14.2 Å². The summed E-state index contributed by atoms with van der Waals surface area (Å²) in [5.41, 5.74) is 2.21. The maximum Gasteiger partial charge on any atom is 0.194 e. The lowest BCUT2D eigenvalue weighted by atomic mass is 9.80. The Bertz CT molecular complexity index is 2240. The van der Waals surface area contributed by atoms with Crippen LogP contribution in [0.1, 0.15) is 51.7 Å². The zero-order valence-electron chi connectivity index (χ0n) is 25.3. The standard InChI is InChI=1S/C34H32N2O7/c1-12-9-15-21-26-22(31-30(15)35-14(3)34(4,5)36-31)16(38)10-18(41-6)24(26)25-19(42-7)11-17(39)23-28(25)27(21)29(20(12)13(2)37)33(43-8)32(23)40/h9-11,14,20,35-36,40H,1-8H3. The first-order valence-corrected chi connectivity index (χ1v) is 14.2. The SMILES string of the molecule is COc1c(O)c2c(=O)cc(OC)c3c4c(OC)cc(=O)c5c6c(c7c(c(c1C(C(C)=O)C(C)=C7)c23)c54)NC(C)C(C)(C)N6. The molecule has 0 amide bonds. The van der Waals surface area contributed by atoms with Crippen LogP contribution in [0.25, 0.3) is 49.2 Å². The molecule has 1 heterocycles. The number of nitrogens with one attached hydrogen (secondary N) is 2. The highest BCUT2D eigenvalue weighted by molar-refractivity contribution is 6.41. The summed E-state index contributed by atoms with van der Waals surface area (Å²) in [6.45, 7) is 9.58. The van der Waals surface area contributed by atoms with Crippen LogP contribution in [0, 0.1) is 0 Å². The van der Waals surface area contributed by atoms with Crippen LogP contribution in [0.3, 0.4) is 0 Å². The Balaban J connectivity index is 1.98. The lowest BCUT2D eigenvalue weighted by Gasteiger charge is -2.42. The number of rotatable bonds is 4. The third-order valence-corrected chi connectivity index (χ3v) is 9.57. The van der Waals surface area contributed by atoms with Crippen LogP contribution in [0.15, 0.2) is 27.3 Å². The molecule has 9 heteroatoms. The first kappa shape index (κ1) is 27.1. The summed E-state index contributed by atoms with van der Waals surface area (Å²) in [7, 11) is 4.37. The number of methoxy groups -OCH3 is 3. The number of ketones is 1. The highest BCUT2D eigenvalue weighted by Crippen LogP contribution is 2.58. The summed E-state index contributed by atoms with van der Waals surface area (Å²) >= 11 is 0. The second-order valence-electron chi connectivity index (χ2n) is 12.3. The molecule has 0 spiro atoms. The number of ether oxygens (including phenoxy) is 3. The second-order valence-corrected chi connectivity index (χ2v) is 12.3. The van der Waals surface area contributed by atoms with Crippen LogP contribution in [-0.4, -0.2) is 43.8 Å². The molecule has 0 saturated heterocycles. The van der Waals surface area contributed by atoms with Gasteiger partial charge in [0.15, 0.2) is 22.4 Å². The second kappa shape index (κ2) is 8.63. The smallest absolute Gasteiger partial charge is 0.194 e. The van der Waals surface area contributed by atoms with Crippen LogP contribution in [0.5, 0.6) is 23.0 Å². The number of carbonyl (C=O) groups is 1. The van der Waals surface area contributed by atoms with Gasteiger partial charge in [0, 0.05) is 56.2 Å². The largest absolute Gasteiger partial charge is 0.504 e. The van der Waals surface area contributed by atoms with Crippen molar-refractivity contribution in [2.24, 2.45) is 0 Å². The number of phenols is 1. The van der Waals surface area contributed by atoms with Gasteiger partial charge in [-0.3, -0.25) is 14.4 Å². The molecule has 0 aromatic heterocycles. The summed E-state index contributed by atoms with van der Waals surface area (Å²) in [5, 5.41) is 22.8. The van der Waals surface area contributed by atoms with Crippen molar-refractivity contribution >= 4 is 66.3 Å². The Morgan fingerprint density at radius 2 is 1.42 bits per heavy atom. The van der Waals surface area contributed by atoms with Gasteiger partial charge >= 0.3 is 0 Å². The van der Waals surface area contributed by atoms with E-state index in [2.05, 4.69) is 31.4 Å². The van der Waals surface area contributed by atoms with Gasteiger partial charge in [0.2, 0.25) is 0 Å². The molecule has 0 bridgehead atoms. The molecule has 1 aliphatic carbocycles. The van der Waals surface area contributed by atoms with E-state index in [0.717, 1.165) is 16.8 Å². The van der Waals surface area contributed by atoms with Crippen molar-refractivity contribution in [1.29, 1.82) is 0 Å². The number of carbonyl (C=O) groups excluding carboxylic acids is 1. The number of benzene rings is 5. The van der Waals surface area contributed by atoms with Crippen LogP contribution < -0.4 is 35.7 Å². The van der Waals surface area contributed by atoms with Crippen LogP contribution in [0.4, 0.5) is 11.4 Å². The fourth-order valence-electron chi connectivity index (χ4n) is 7.39. The maximum atomic E-state index is 14.1. The van der Waals surface area contributed by atoms with Crippen molar-refractivity contribution in [2.75, 3.05) is 32.0 Å². The Labute approximate surface area is 246 Å². The first-order chi connectivity index (χ1) is 20.4. The monoisotopic (exact) mass is 580 g/mol. The molecule has 0 radical (unpaired) electrons. The van der Waals surface area contributed by atoms with Crippen LogP contribution >= 0.6 is 0 Å². The molecule has 9 nitrogen and oxygen atoms in total. The van der Waals surface area contributed by atoms with Gasteiger partial charge in [0.1, 0.15) is 17.3 Å². The van der Waals surface area contributed by atoms with E-state index in [0.29, 0.717) is 54.7 Å². The average molecular weight is 581 g/mol. The maximum absolute atomic E-state index is 14.1. The minimum atomic E-state index is -0.795. The van der Waals surface area contributed by atoms with Gasteiger partial charge in [0.25, 0.3) is 0 Å². The van der Waals surface area contributed by atoms with Crippen molar-refractivity contribution < 1.29 is 24.1 Å². The number of phenolic OH excluding ortho intramolecular Hbond substituents is 1. The van der Waals surface area contributed by atoms with Crippen molar-refractivity contribution in [3.63, 3.8) is 0 Å². The van der Waals surface area contributed by atoms with Crippen molar-refractivity contribution in [1.82, 2.24) is 0 Å². The molecule has 2 atom stereocenters. The summed E-state index contributed by atoms with van der Waals surface area (Å²) in [4.78, 5) is 41.3. The van der Waals surface area contributed by atoms with Gasteiger partial charge < -0.3 is 30.0 Å². The predicted octanol–water partition coefficient (Wildman–Crippen LogP) is 5.72. The fourth-order valence-corrected chi connectivity index (χ4v) is 7.39. The average Bonchev–Trinajstić information content (AvgIpc) is 3.08. The lowest BCUT2D eigenvalue weighted by Crippen LogP contribution is -2.50. The number of hydrogen-bond acceptors (Lipinski definition) is 9. The molecule has 5 aromatic carbocycles. The normalized spacial score (nSPS) is 18.8. The highest BCUT2D eigenvalue weighted by Gasteiger charge is 2.40. The van der Waals surface area contributed by atoms with Crippen molar-refractivity contribution in [3.05, 3.63) is 49.3 Å². The fraction of sp³-hybridized carbons (Fsp3) is 0.324. The highest BCUT2D eigenvalue weighted by atomic mass is 16.5. The molecule has 0 saturated carbocycles. The predicted molar refractivity (Wildman–Crippen MR) is 171 cm³/mol. The summed E-state index contributed by atoms with van der Waals surface area (Å²) in [6, 6.07) is 2.75. The lowest BCUT2D eigenvalue weighted by molar-refractivity contribution is -0.117. The van der Waals surface area contributed by atoms with E-state index in [9.17, 15) is 19.5 Å². The molecule has 220 valence electrons. The van der Waals surface area contributed by atoms with Gasteiger partial charge in [-0.1, -0.05) is 11.6 Å². The van der Waals surface area contributed by atoms with Crippen molar-refractivity contribution in [3.8, 4) is 23.0 Å². The number of fused-ring (bicyclic) bond motifs is 4. The van der Waals surface area contributed by atoms with Gasteiger partial charge in [-0.05, 0) is 40.0 Å². The van der Waals surface area contributed by atoms with Gasteiger partial charge in [-0.15, -0.1) is 0 Å². The van der Waals surface area contributed by atoms with E-state index >= 15 is 0 Å². The number of aromatic hydroxyl groups is 1. The van der Waals surface area contributed by atoms with E-state index in [-0.39, 0.29) is 39.9 Å². The van der Waals surface area contributed by atoms with Crippen molar-refractivity contribution in [2.45, 2.75) is 52.1 Å². The number of anilines is 2. The van der Waals surface area contributed by atoms with E-state index in [1.807, 2.05) is 13.0 Å². The third kappa shape index (κ3) is 3.19. The first-order valence-electron chi connectivity index (χ1n) is 14.2. The number of hydrogen-bond donors (Lipinski definition) is 3. The van der Waals surface area contributed by atoms with E-state index in [1.165, 1.54) is 40.4 Å². The Morgan fingerprint density at radius 3 is 1.98 bits per heavy atom. The molecular weight excluding hydrogens is 548 g/mol. The van der Waals surface area contributed by atoms with Gasteiger partial charge in [-0.2, -0.15) is 0 Å². The molecule has 43 heavy (non-hydrogen) atoms. The molecule has 7 rings (SSSR count). The number of Topliss-reactive ketones (excluding diaryl/α,β-unsaturated/α-hetero) is 1. The molecule has 3 N–H and O–H groups in total. The van der Waals surface area contributed by atoms with Gasteiger partial charge in [-0.25, -0.2) is 0 Å². The molecular formula is C34H32N2O7. The minimum absolute atomic E-state index is 0.0349. The number of allylic oxidation sites excluding steroid dienone is 1. The van der Waals surface area contributed by atoms with Crippen LogP contribution in [0.2, 0.25) is 0 Å². The molecule has 5 aromatic rings. The topological polar surface area (TPSA) is 123 Å². The molecule has 0 fully saturated rings. The van der Waals surface area contributed by atoms with E-state index < -0.39 is 16.9 Å². The summed E-state index contributed by atoms with van der Waals surface area (Å²) in [5.74, 6) is -0.674. The Hall–Kier alpha value is -4.79. The summed E-state index contributed by atoms with van der Waals surface area (Å²) in [6.07, 6.45) is 1.97. The molecule has 1 aliphatic heterocycles. The minimum Gasteiger partial charge on any atom is -0.504 e. The quantitative estimate of drug-likeness (QED) is 0.181.